The van der Waals surface area contributed by atoms with Gasteiger partial charge in [0.05, 0.1) is 4.90 Å². The van der Waals surface area contributed by atoms with Crippen LogP contribution >= 0.6 is 27.5 Å². The maximum absolute atomic E-state index is 11.8. The van der Waals surface area contributed by atoms with Crippen LogP contribution in [0.25, 0.3) is 0 Å². The molecular weight excluding hydrogens is 314 g/mol. The molecule has 0 bridgehead atoms. The van der Waals surface area contributed by atoms with E-state index in [1.165, 1.54) is 0 Å². The van der Waals surface area contributed by atoms with Crippen LogP contribution in [0.2, 0.25) is 0 Å². The van der Waals surface area contributed by atoms with E-state index < -0.39 is 10.0 Å². The van der Waals surface area contributed by atoms with Gasteiger partial charge in [0.15, 0.2) is 0 Å². The Hall–Kier alpha value is -0.360. The molecule has 6 heteroatoms. The van der Waals surface area contributed by atoms with Gasteiger partial charge in [-0.25, -0.2) is 13.1 Å². The molecule has 1 aromatic carbocycles. The molecule has 0 fully saturated rings. The molecule has 0 aromatic heterocycles. The predicted molar refractivity (Wildman–Crippen MR) is 69.1 cm³/mol. The van der Waals surface area contributed by atoms with Crippen LogP contribution in [0.3, 0.4) is 0 Å². The van der Waals surface area contributed by atoms with Crippen LogP contribution < -0.4 is 4.72 Å². The van der Waals surface area contributed by atoms with E-state index in [1.807, 2.05) is 6.92 Å². The lowest BCUT2D eigenvalue weighted by molar-refractivity contribution is 0.585. The van der Waals surface area contributed by atoms with E-state index in [1.54, 1.807) is 18.2 Å². The van der Waals surface area contributed by atoms with Crippen LogP contribution in [0, 0.1) is 6.92 Å². The Labute approximate surface area is 109 Å². The van der Waals surface area contributed by atoms with E-state index in [2.05, 4.69) is 27.2 Å². The molecule has 3 nitrogen and oxygen atoms in total. The Balaban J connectivity index is 3.03. The van der Waals surface area contributed by atoms with Crippen molar-refractivity contribution in [2.75, 3.05) is 6.54 Å². The van der Waals surface area contributed by atoms with Crippen LogP contribution in [-0.2, 0) is 10.0 Å². The lowest BCUT2D eigenvalue weighted by Gasteiger charge is -2.08. The fraction of sp³-hybridized carbons (Fsp3) is 0.200. The van der Waals surface area contributed by atoms with E-state index in [0.29, 0.717) is 4.47 Å². The van der Waals surface area contributed by atoms with Gasteiger partial charge in [0.1, 0.15) is 0 Å². The minimum atomic E-state index is -3.54. The van der Waals surface area contributed by atoms with E-state index >= 15 is 0 Å². The van der Waals surface area contributed by atoms with Crippen molar-refractivity contribution < 1.29 is 8.42 Å². The van der Waals surface area contributed by atoms with Crippen LogP contribution in [-0.4, -0.2) is 15.0 Å². The van der Waals surface area contributed by atoms with Crippen LogP contribution in [0.4, 0.5) is 0 Å². The first-order valence-electron chi connectivity index (χ1n) is 4.42. The molecule has 0 spiro atoms. The Bertz CT molecular complexity index is 514. The molecule has 0 saturated carbocycles. The SMILES string of the molecule is C=C(Cl)CNS(=O)(=O)c1ccc(C)cc1Br. The Morgan fingerprint density at radius 2 is 2.19 bits per heavy atom. The number of rotatable bonds is 4. The predicted octanol–water partition coefficient (Wildman–Crippen LogP) is 2.79. The summed E-state index contributed by atoms with van der Waals surface area (Å²) in [5.74, 6) is 0. The van der Waals surface area contributed by atoms with Gasteiger partial charge in [0.25, 0.3) is 0 Å². The summed E-state index contributed by atoms with van der Waals surface area (Å²) in [7, 11) is -3.54. The molecule has 0 radical (unpaired) electrons. The molecule has 0 aliphatic carbocycles. The van der Waals surface area contributed by atoms with Gasteiger partial charge in [-0.2, -0.15) is 0 Å². The van der Waals surface area contributed by atoms with Crippen molar-refractivity contribution in [2.24, 2.45) is 0 Å². The summed E-state index contributed by atoms with van der Waals surface area (Å²) >= 11 is 8.72. The molecule has 88 valence electrons. The fourth-order valence-electron chi connectivity index (χ4n) is 1.07. The number of nitrogens with one attached hydrogen (secondary N) is 1. The zero-order valence-corrected chi connectivity index (χ0v) is 11.8. The number of hydrogen-bond acceptors (Lipinski definition) is 2. The highest BCUT2D eigenvalue weighted by Crippen LogP contribution is 2.22. The summed E-state index contributed by atoms with van der Waals surface area (Å²) in [5, 5.41) is 0.242. The maximum atomic E-state index is 11.8. The van der Waals surface area contributed by atoms with E-state index in [4.69, 9.17) is 11.6 Å². The Morgan fingerprint density at radius 1 is 1.56 bits per heavy atom. The van der Waals surface area contributed by atoms with Crippen molar-refractivity contribution in [2.45, 2.75) is 11.8 Å². The second kappa shape index (κ2) is 5.31. The van der Waals surface area contributed by atoms with Gasteiger partial charge in [-0.1, -0.05) is 24.2 Å². The minimum absolute atomic E-state index is 0.0181. The summed E-state index contributed by atoms with van der Waals surface area (Å²) in [6, 6.07) is 5.01. The summed E-state index contributed by atoms with van der Waals surface area (Å²) in [6.45, 7) is 5.32. The largest absolute Gasteiger partial charge is 0.242 e. The van der Waals surface area contributed by atoms with E-state index in [9.17, 15) is 8.42 Å². The number of aryl methyl sites for hydroxylation is 1. The molecule has 0 aliphatic rings. The smallest absolute Gasteiger partial charge is 0.207 e. The van der Waals surface area contributed by atoms with Gasteiger partial charge in [-0.3, -0.25) is 0 Å². The summed E-state index contributed by atoms with van der Waals surface area (Å²) in [5.41, 5.74) is 0.979. The molecule has 0 unspecified atom stereocenters. The first-order chi connectivity index (χ1) is 7.33. The molecule has 0 heterocycles. The second-order valence-corrected chi connectivity index (χ2v) is 6.40. The molecular formula is C10H11BrClNO2S. The molecule has 1 rings (SSSR count). The van der Waals surface area contributed by atoms with Crippen molar-refractivity contribution in [1.82, 2.24) is 4.72 Å². The standard InChI is InChI=1S/C10H11BrClNO2S/c1-7-3-4-10(9(11)5-7)16(14,15)13-6-8(2)12/h3-5,13H,2,6H2,1H3. The molecule has 0 atom stereocenters. The topological polar surface area (TPSA) is 46.2 Å². The highest BCUT2D eigenvalue weighted by atomic mass is 79.9. The lowest BCUT2D eigenvalue weighted by Crippen LogP contribution is -2.25. The first kappa shape index (κ1) is 13.7. The Kier molecular flexibility index (Phi) is 4.55. The quantitative estimate of drug-likeness (QED) is 0.925. The van der Waals surface area contributed by atoms with E-state index in [-0.39, 0.29) is 16.5 Å². The number of benzene rings is 1. The second-order valence-electron chi connectivity index (χ2n) is 3.28. The van der Waals surface area contributed by atoms with Gasteiger partial charge in [0, 0.05) is 16.0 Å². The lowest BCUT2D eigenvalue weighted by atomic mass is 10.2. The molecule has 0 aliphatic heterocycles. The van der Waals surface area contributed by atoms with Gasteiger partial charge in [-0.05, 0) is 40.5 Å². The maximum Gasteiger partial charge on any atom is 0.242 e. The highest BCUT2D eigenvalue weighted by molar-refractivity contribution is 9.10. The van der Waals surface area contributed by atoms with Crippen LogP contribution in [0.1, 0.15) is 5.56 Å². The zero-order chi connectivity index (χ0) is 12.3. The number of halogens is 2. The fourth-order valence-corrected chi connectivity index (χ4v) is 3.44. The van der Waals surface area contributed by atoms with E-state index in [0.717, 1.165) is 5.56 Å². The van der Waals surface area contributed by atoms with Crippen LogP contribution in [0.5, 0.6) is 0 Å². The van der Waals surface area contributed by atoms with Crippen molar-refractivity contribution in [3.8, 4) is 0 Å². The van der Waals surface area contributed by atoms with Gasteiger partial charge < -0.3 is 0 Å². The normalized spacial score (nSPS) is 11.4. The minimum Gasteiger partial charge on any atom is -0.207 e. The molecule has 0 amide bonds. The average Bonchev–Trinajstić information content (AvgIpc) is 2.14. The van der Waals surface area contributed by atoms with Crippen LogP contribution in [0.15, 0.2) is 39.2 Å². The summed E-state index contributed by atoms with van der Waals surface area (Å²) in [4.78, 5) is 0.191. The van der Waals surface area contributed by atoms with Crippen molar-refractivity contribution >= 4 is 37.6 Å². The third-order valence-corrected chi connectivity index (χ3v) is 4.34. The summed E-state index contributed by atoms with van der Waals surface area (Å²) in [6.07, 6.45) is 0. The monoisotopic (exact) mass is 323 g/mol. The van der Waals surface area contributed by atoms with Crippen molar-refractivity contribution in [3.05, 3.63) is 39.8 Å². The van der Waals surface area contributed by atoms with Crippen molar-refractivity contribution in [3.63, 3.8) is 0 Å². The van der Waals surface area contributed by atoms with Crippen molar-refractivity contribution in [1.29, 1.82) is 0 Å². The van der Waals surface area contributed by atoms with Gasteiger partial charge in [0.2, 0.25) is 10.0 Å². The Morgan fingerprint density at radius 3 is 2.69 bits per heavy atom. The molecule has 1 N–H and O–H groups in total. The zero-order valence-electron chi connectivity index (χ0n) is 8.63. The van der Waals surface area contributed by atoms with Gasteiger partial charge in [-0.15, -0.1) is 0 Å². The third-order valence-electron chi connectivity index (χ3n) is 1.83. The number of hydrogen-bond donors (Lipinski definition) is 1. The average molecular weight is 325 g/mol. The molecule has 16 heavy (non-hydrogen) atoms. The molecule has 1 aromatic rings. The first-order valence-corrected chi connectivity index (χ1v) is 7.07. The summed E-state index contributed by atoms with van der Waals surface area (Å²) < 4.78 is 26.5. The number of sulfonamides is 1. The third kappa shape index (κ3) is 3.59. The molecule has 0 saturated heterocycles. The highest BCUT2D eigenvalue weighted by Gasteiger charge is 2.16. The van der Waals surface area contributed by atoms with Gasteiger partial charge >= 0.3 is 0 Å².